The number of halogens is 3. The van der Waals surface area contributed by atoms with Gasteiger partial charge in [-0.3, -0.25) is 9.59 Å². The van der Waals surface area contributed by atoms with Crippen LogP contribution in [0.4, 0.5) is 0 Å². The molecule has 17 heavy (non-hydrogen) atoms. The van der Waals surface area contributed by atoms with Crippen LogP contribution in [-0.2, 0) is 19.1 Å². The fourth-order valence-corrected chi connectivity index (χ4v) is 1.55. The first-order chi connectivity index (χ1) is 7.75. The van der Waals surface area contributed by atoms with E-state index in [1.165, 1.54) is 7.11 Å². The maximum atomic E-state index is 11.5. The van der Waals surface area contributed by atoms with Gasteiger partial charge in [-0.25, -0.2) is 0 Å². The molecule has 0 aromatic carbocycles. The third-order valence-corrected chi connectivity index (χ3v) is 2.86. The quantitative estimate of drug-likeness (QED) is 0.481. The molecule has 1 N–H and O–H groups in total. The lowest BCUT2D eigenvalue weighted by Crippen LogP contribution is -2.46. The summed E-state index contributed by atoms with van der Waals surface area (Å²) < 4.78 is 7.64. The van der Waals surface area contributed by atoms with Crippen LogP contribution in [0.25, 0.3) is 0 Å². The summed E-state index contributed by atoms with van der Waals surface area (Å²) in [5, 5.41) is 2.45. The first-order valence-corrected chi connectivity index (χ1v) is 5.99. The highest BCUT2D eigenvalue weighted by Crippen LogP contribution is 2.30. The van der Waals surface area contributed by atoms with Crippen molar-refractivity contribution < 1.29 is 19.1 Å². The minimum absolute atomic E-state index is 0.0298. The number of carbonyl (C=O) groups is 2. The SMILES string of the molecule is COC(=O)C[C@@H](NC(=O)C(Cl)(Cl)Cl)[C@@H]1O[C@@H]1C. The second-order valence-corrected chi connectivity index (χ2v) is 5.95. The molecule has 0 bridgehead atoms. The van der Waals surface area contributed by atoms with Gasteiger partial charge in [-0.05, 0) is 6.92 Å². The number of alkyl halides is 3. The van der Waals surface area contributed by atoms with E-state index in [-0.39, 0.29) is 18.6 Å². The van der Waals surface area contributed by atoms with Crippen LogP contribution in [-0.4, -0.2) is 41.0 Å². The Bertz CT molecular complexity index is 318. The first kappa shape index (κ1) is 14.8. The Morgan fingerprint density at radius 1 is 1.47 bits per heavy atom. The highest BCUT2D eigenvalue weighted by Gasteiger charge is 2.45. The number of epoxide rings is 1. The molecule has 0 spiro atoms. The Morgan fingerprint density at radius 2 is 2.00 bits per heavy atom. The first-order valence-electron chi connectivity index (χ1n) is 4.85. The topological polar surface area (TPSA) is 67.9 Å². The number of rotatable bonds is 4. The number of amides is 1. The van der Waals surface area contributed by atoms with Crippen LogP contribution in [0.1, 0.15) is 13.3 Å². The summed E-state index contributed by atoms with van der Waals surface area (Å²) in [6.07, 6.45) is -0.330. The monoisotopic (exact) mass is 303 g/mol. The van der Waals surface area contributed by atoms with E-state index < -0.39 is 21.7 Å². The highest BCUT2D eigenvalue weighted by atomic mass is 35.6. The van der Waals surface area contributed by atoms with Gasteiger partial charge in [0, 0.05) is 0 Å². The normalized spacial score (nSPS) is 25.0. The van der Waals surface area contributed by atoms with E-state index in [0.29, 0.717) is 0 Å². The predicted octanol–water partition coefficient (Wildman–Crippen LogP) is 1.19. The molecule has 1 saturated heterocycles. The molecular weight excluding hydrogens is 292 g/mol. The zero-order valence-corrected chi connectivity index (χ0v) is 11.5. The van der Waals surface area contributed by atoms with Crippen molar-refractivity contribution in [3.8, 4) is 0 Å². The van der Waals surface area contributed by atoms with E-state index in [4.69, 9.17) is 39.5 Å². The summed E-state index contributed by atoms with van der Waals surface area (Å²) in [6, 6.07) is -0.555. The number of esters is 1. The number of hydrogen-bond acceptors (Lipinski definition) is 4. The average Bonchev–Trinajstić information content (AvgIpc) is 2.92. The Morgan fingerprint density at radius 3 is 2.35 bits per heavy atom. The summed E-state index contributed by atoms with van der Waals surface area (Å²) >= 11 is 16.3. The molecular formula is C9H12Cl3NO4. The van der Waals surface area contributed by atoms with Gasteiger partial charge >= 0.3 is 5.97 Å². The summed E-state index contributed by atoms with van der Waals surface area (Å²) in [6.45, 7) is 1.82. The fraction of sp³-hybridized carbons (Fsp3) is 0.778. The number of ether oxygens (including phenoxy) is 2. The fourth-order valence-electron chi connectivity index (χ4n) is 1.39. The summed E-state index contributed by atoms with van der Waals surface area (Å²) in [7, 11) is 1.26. The van der Waals surface area contributed by atoms with Crippen LogP contribution in [0.5, 0.6) is 0 Å². The lowest BCUT2D eigenvalue weighted by molar-refractivity contribution is -0.141. The van der Waals surface area contributed by atoms with Gasteiger partial charge in [-0.15, -0.1) is 0 Å². The van der Waals surface area contributed by atoms with Gasteiger partial charge in [-0.1, -0.05) is 34.8 Å². The largest absolute Gasteiger partial charge is 0.469 e. The Kier molecular flexibility index (Phi) is 4.89. The third kappa shape index (κ3) is 4.50. The van der Waals surface area contributed by atoms with Crippen molar-refractivity contribution in [3.05, 3.63) is 0 Å². The second-order valence-electron chi connectivity index (χ2n) is 3.66. The van der Waals surface area contributed by atoms with E-state index in [1.807, 2.05) is 6.92 Å². The molecule has 0 aliphatic carbocycles. The minimum Gasteiger partial charge on any atom is -0.469 e. The van der Waals surface area contributed by atoms with E-state index in [9.17, 15) is 9.59 Å². The van der Waals surface area contributed by atoms with Crippen LogP contribution >= 0.6 is 34.8 Å². The number of carbonyl (C=O) groups excluding carboxylic acids is 2. The molecule has 1 rings (SSSR count). The molecule has 0 unspecified atom stereocenters. The number of nitrogens with one attached hydrogen (secondary N) is 1. The Hall–Kier alpha value is -0.230. The second kappa shape index (κ2) is 5.61. The predicted molar refractivity (Wildman–Crippen MR) is 63.2 cm³/mol. The molecule has 8 heteroatoms. The molecule has 1 heterocycles. The van der Waals surface area contributed by atoms with Crippen LogP contribution in [0.2, 0.25) is 0 Å². The van der Waals surface area contributed by atoms with Crippen LogP contribution in [0.3, 0.4) is 0 Å². The maximum Gasteiger partial charge on any atom is 0.307 e. The van der Waals surface area contributed by atoms with Crippen molar-refractivity contribution >= 4 is 46.7 Å². The van der Waals surface area contributed by atoms with Gasteiger partial charge in [0.05, 0.1) is 25.7 Å². The van der Waals surface area contributed by atoms with E-state index >= 15 is 0 Å². The molecule has 1 amide bonds. The van der Waals surface area contributed by atoms with Crippen LogP contribution in [0.15, 0.2) is 0 Å². The van der Waals surface area contributed by atoms with E-state index in [0.717, 1.165) is 0 Å². The van der Waals surface area contributed by atoms with Gasteiger partial charge in [-0.2, -0.15) is 0 Å². The molecule has 3 atom stereocenters. The molecule has 1 aliphatic heterocycles. The molecule has 0 aromatic rings. The average molecular weight is 305 g/mol. The van der Waals surface area contributed by atoms with Gasteiger partial charge in [0.15, 0.2) is 0 Å². The van der Waals surface area contributed by atoms with Crippen molar-refractivity contribution in [2.45, 2.75) is 35.4 Å². The summed E-state index contributed by atoms with van der Waals surface area (Å²) in [5.41, 5.74) is 0. The van der Waals surface area contributed by atoms with Gasteiger partial charge in [0.25, 0.3) is 9.70 Å². The maximum absolute atomic E-state index is 11.5. The molecule has 0 saturated carbocycles. The van der Waals surface area contributed by atoms with Crippen LogP contribution in [0, 0.1) is 0 Å². The third-order valence-electron chi connectivity index (χ3n) is 2.34. The van der Waals surface area contributed by atoms with Gasteiger partial charge < -0.3 is 14.8 Å². The molecule has 0 radical (unpaired) electrons. The van der Waals surface area contributed by atoms with Crippen LogP contribution < -0.4 is 5.32 Å². The van der Waals surface area contributed by atoms with Crippen molar-refractivity contribution in [1.82, 2.24) is 5.32 Å². The summed E-state index contributed by atoms with van der Waals surface area (Å²) in [4.78, 5) is 22.6. The van der Waals surface area contributed by atoms with Crippen molar-refractivity contribution in [3.63, 3.8) is 0 Å². The highest BCUT2D eigenvalue weighted by molar-refractivity contribution is 6.76. The zero-order valence-electron chi connectivity index (χ0n) is 9.21. The van der Waals surface area contributed by atoms with Gasteiger partial charge in [0.2, 0.25) is 0 Å². The molecule has 0 aromatic heterocycles. The van der Waals surface area contributed by atoms with Crippen molar-refractivity contribution in [2.75, 3.05) is 7.11 Å². The minimum atomic E-state index is -2.06. The van der Waals surface area contributed by atoms with E-state index in [1.54, 1.807) is 0 Å². The lowest BCUT2D eigenvalue weighted by atomic mass is 10.1. The van der Waals surface area contributed by atoms with Crippen molar-refractivity contribution in [1.29, 1.82) is 0 Å². The zero-order chi connectivity index (χ0) is 13.2. The molecule has 1 aliphatic rings. The number of methoxy groups -OCH3 is 1. The lowest BCUT2D eigenvalue weighted by Gasteiger charge is -2.18. The Labute approximate surface area is 114 Å². The molecule has 98 valence electrons. The smallest absolute Gasteiger partial charge is 0.307 e. The molecule has 1 fully saturated rings. The number of hydrogen-bond donors (Lipinski definition) is 1. The Balaban J connectivity index is 2.59. The van der Waals surface area contributed by atoms with Crippen molar-refractivity contribution in [2.24, 2.45) is 0 Å². The standard InChI is InChI=1S/C9H12Cl3NO4/c1-4-7(17-4)5(3-6(14)16-2)13-8(15)9(10,11)12/h4-5,7H,3H2,1-2H3,(H,13,15)/t4-,5-,7-/m1/s1. The van der Waals surface area contributed by atoms with Gasteiger partial charge in [0.1, 0.15) is 6.10 Å². The molecule has 5 nitrogen and oxygen atoms in total. The van der Waals surface area contributed by atoms with E-state index in [2.05, 4.69) is 10.1 Å². The summed E-state index contributed by atoms with van der Waals surface area (Å²) in [5.74, 6) is -1.26.